The molecule has 3 atom stereocenters. The number of carbonyl (C=O) groups excluding carboxylic acids is 1. The van der Waals surface area contributed by atoms with E-state index in [2.05, 4.69) is 19.2 Å². The highest BCUT2D eigenvalue weighted by molar-refractivity contribution is 7.45. The van der Waals surface area contributed by atoms with Gasteiger partial charge in [0.2, 0.25) is 5.91 Å². The molecule has 0 heterocycles. The van der Waals surface area contributed by atoms with Crippen LogP contribution in [0.15, 0.2) is 0 Å². The highest BCUT2D eigenvalue weighted by Crippen LogP contribution is 2.38. The molecule has 0 rings (SSSR count). The first-order chi connectivity index (χ1) is 17.0. The molecule has 0 spiro atoms. The van der Waals surface area contributed by atoms with Gasteiger partial charge in [0.05, 0.1) is 39.9 Å². The Hall–Kier alpha value is -0.500. The van der Waals surface area contributed by atoms with E-state index in [0.29, 0.717) is 23.9 Å². The fourth-order valence-corrected chi connectivity index (χ4v) is 4.64. The highest BCUT2D eigenvalue weighted by atomic mass is 31.2. The molecule has 2 N–H and O–H groups in total. The molecule has 36 heavy (non-hydrogen) atoms. The molecular weight excluding hydrogens is 479 g/mol. The molecule has 0 aliphatic heterocycles. The molecule has 8 nitrogen and oxygen atoms in total. The Morgan fingerprint density at radius 2 is 1.36 bits per heavy atom. The molecular formula is C27H57N2O6P. The summed E-state index contributed by atoms with van der Waals surface area (Å²) in [6.45, 7) is 4.56. The minimum atomic E-state index is -4.52. The zero-order valence-electron chi connectivity index (χ0n) is 24.0. The van der Waals surface area contributed by atoms with E-state index in [9.17, 15) is 19.4 Å². The number of aliphatic hydroxyl groups is 1. The second-order valence-electron chi connectivity index (χ2n) is 11.1. The number of likely N-dealkylation sites (N-methyl/N-ethyl adjacent to an activating group) is 1. The predicted octanol–water partition coefficient (Wildman–Crippen LogP) is 5.32. The number of nitrogens with one attached hydrogen (secondary N) is 1. The van der Waals surface area contributed by atoms with Crippen LogP contribution in [0.3, 0.4) is 0 Å². The number of hydrogen-bond acceptors (Lipinski definition) is 6. The summed E-state index contributed by atoms with van der Waals surface area (Å²) in [6, 6.07) is -0.786. The summed E-state index contributed by atoms with van der Waals surface area (Å²) < 4.78 is 22.8. The van der Waals surface area contributed by atoms with Crippen molar-refractivity contribution >= 4 is 13.7 Å². The monoisotopic (exact) mass is 536 g/mol. The molecule has 0 saturated carbocycles. The number of nitrogens with zero attached hydrogens (tertiary/aromatic N) is 1. The van der Waals surface area contributed by atoms with Crippen molar-refractivity contribution in [3.63, 3.8) is 0 Å². The standard InChI is InChI=1S/C27H57N2O6P/c1-6-8-10-12-13-14-15-17-19-21-27(31)28-25(26(30)20-18-16-11-9-7-2)24-35-36(32,33)34-23-22-29(3,4)5/h25-26,30H,6-24H2,1-5H3,(H-,28,31,32,33). The summed E-state index contributed by atoms with van der Waals surface area (Å²) in [5, 5.41) is 13.5. The third-order valence-electron chi connectivity index (χ3n) is 6.35. The normalized spacial score (nSPS) is 15.4. The van der Waals surface area contributed by atoms with E-state index in [1.165, 1.54) is 38.5 Å². The van der Waals surface area contributed by atoms with Gasteiger partial charge in [-0.15, -0.1) is 0 Å². The van der Waals surface area contributed by atoms with E-state index < -0.39 is 20.0 Å². The summed E-state index contributed by atoms with van der Waals surface area (Å²) in [4.78, 5) is 24.7. The van der Waals surface area contributed by atoms with Gasteiger partial charge in [-0.25, -0.2) is 0 Å². The lowest BCUT2D eigenvalue weighted by Crippen LogP contribution is -2.46. The average molecular weight is 537 g/mol. The molecule has 9 heteroatoms. The third-order valence-corrected chi connectivity index (χ3v) is 7.31. The topological polar surface area (TPSA) is 108 Å². The van der Waals surface area contributed by atoms with E-state index in [4.69, 9.17) is 9.05 Å². The van der Waals surface area contributed by atoms with E-state index in [1.807, 2.05) is 21.1 Å². The van der Waals surface area contributed by atoms with Crippen molar-refractivity contribution in [1.82, 2.24) is 5.32 Å². The largest absolute Gasteiger partial charge is 0.756 e. The van der Waals surface area contributed by atoms with Crippen LogP contribution in [-0.2, 0) is 18.4 Å². The number of hydrogen-bond donors (Lipinski definition) is 2. The minimum Gasteiger partial charge on any atom is -0.756 e. The summed E-state index contributed by atoms with van der Waals surface area (Å²) in [6.07, 6.45) is 15.7. The fraction of sp³-hybridized carbons (Fsp3) is 0.963. The summed E-state index contributed by atoms with van der Waals surface area (Å²) in [5.41, 5.74) is 0. The maximum Gasteiger partial charge on any atom is 0.268 e. The molecule has 3 unspecified atom stereocenters. The summed E-state index contributed by atoms with van der Waals surface area (Å²) in [7, 11) is 1.30. The van der Waals surface area contributed by atoms with Gasteiger partial charge in [0, 0.05) is 6.42 Å². The van der Waals surface area contributed by atoms with Crippen molar-refractivity contribution in [2.45, 2.75) is 129 Å². The molecule has 0 aromatic heterocycles. The van der Waals surface area contributed by atoms with Gasteiger partial charge in [-0.1, -0.05) is 97.3 Å². The zero-order chi connectivity index (χ0) is 27.3. The van der Waals surface area contributed by atoms with Gasteiger partial charge in [-0.3, -0.25) is 9.36 Å². The van der Waals surface area contributed by atoms with E-state index in [-0.39, 0.29) is 19.1 Å². The highest BCUT2D eigenvalue weighted by Gasteiger charge is 2.24. The van der Waals surface area contributed by atoms with E-state index >= 15 is 0 Å². The lowest BCUT2D eigenvalue weighted by Gasteiger charge is -2.30. The number of amides is 1. The lowest BCUT2D eigenvalue weighted by molar-refractivity contribution is -0.870. The molecule has 0 fully saturated rings. The van der Waals surface area contributed by atoms with Gasteiger partial charge in [-0.05, 0) is 12.8 Å². The van der Waals surface area contributed by atoms with Crippen LogP contribution in [0.2, 0.25) is 0 Å². The Labute approximate surface area is 221 Å². The fourth-order valence-electron chi connectivity index (χ4n) is 3.92. The number of phosphoric ester groups is 1. The van der Waals surface area contributed by atoms with E-state index in [1.54, 1.807) is 0 Å². The summed E-state index contributed by atoms with van der Waals surface area (Å²) >= 11 is 0. The van der Waals surface area contributed by atoms with Gasteiger partial charge in [0.15, 0.2) is 0 Å². The number of phosphoric acid groups is 1. The number of quaternary nitrogens is 1. The summed E-state index contributed by atoms with van der Waals surface area (Å²) in [5.74, 6) is -0.178. The molecule has 0 aliphatic rings. The Balaban J connectivity index is 4.55. The first-order valence-electron chi connectivity index (χ1n) is 14.4. The van der Waals surface area contributed by atoms with Crippen molar-refractivity contribution in [3.05, 3.63) is 0 Å². The maximum atomic E-state index is 12.5. The number of unbranched alkanes of at least 4 members (excludes halogenated alkanes) is 12. The second-order valence-corrected chi connectivity index (χ2v) is 12.5. The van der Waals surface area contributed by atoms with Crippen LogP contribution in [0.25, 0.3) is 0 Å². The molecule has 0 aliphatic carbocycles. The minimum absolute atomic E-state index is 0.0138. The molecule has 1 amide bonds. The lowest BCUT2D eigenvalue weighted by atomic mass is 10.0. The Morgan fingerprint density at radius 1 is 0.861 bits per heavy atom. The zero-order valence-corrected chi connectivity index (χ0v) is 24.9. The van der Waals surface area contributed by atoms with Crippen LogP contribution in [-0.4, -0.2) is 68.5 Å². The first kappa shape index (κ1) is 35.5. The first-order valence-corrected chi connectivity index (χ1v) is 15.8. The van der Waals surface area contributed by atoms with Crippen LogP contribution in [0.1, 0.15) is 117 Å². The van der Waals surface area contributed by atoms with Gasteiger partial charge in [0.25, 0.3) is 7.82 Å². The van der Waals surface area contributed by atoms with Crippen LogP contribution >= 0.6 is 7.82 Å². The quantitative estimate of drug-likeness (QED) is 0.0929. The maximum absolute atomic E-state index is 12.5. The van der Waals surface area contributed by atoms with Gasteiger partial charge >= 0.3 is 0 Å². The van der Waals surface area contributed by atoms with Crippen LogP contribution in [0.4, 0.5) is 0 Å². The average Bonchev–Trinajstić information content (AvgIpc) is 2.79. The van der Waals surface area contributed by atoms with Gasteiger partial charge < -0.3 is 28.8 Å². The molecule has 0 aromatic carbocycles. The van der Waals surface area contributed by atoms with Crippen molar-refractivity contribution in [3.8, 4) is 0 Å². The predicted molar refractivity (Wildman–Crippen MR) is 146 cm³/mol. The molecule has 0 saturated heterocycles. The molecule has 0 aromatic rings. The van der Waals surface area contributed by atoms with Gasteiger partial charge in [-0.2, -0.15) is 0 Å². The van der Waals surface area contributed by atoms with Crippen molar-refractivity contribution in [2.24, 2.45) is 0 Å². The molecule has 216 valence electrons. The third kappa shape index (κ3) is 22.7. The second kappa shape index (κ2) is 21.4. The molecule has 0 radical (unpaired) electrons. The molecule has 0 bridgehead atoms. The SMILES string of the molecule is CCCCCCCCCCCC(=O)NC(COP(=O)([O-])OCC[N+](C)(C)C)C(O)CCCCCCC. The van der Waals surface area contributed by atoms with Crippen LogP contribution in [0.5, 0.6) is 0 Å². The van der Waals surface area contributed by atoms with E-state index in [0.717, 1.165) is 51.4 Å². The van der Waals surface area contributed by atoms with Gasteiger partial charge in [0.1, 0.15) is 13.2 Å². The number of rotatable bonds is 25. The number of aliphatic hydroxyl groups excluding tert-OH is 1. The van der Waals surface area contributed by atoms with Crippen molar-refractivity contribution in [2.75, 3.05) is 40.9 Å². The van der Waals surface area contributed by atoms with Crippen molar-refractivity contribution in [1.29, 1.82) is 0 Å². The Kier molecular flexibility index (Phi) is 21.1. The van der Waals surface area contributed by atoms with Crippen molar-refractivity contribution < 1.29 is 32.9 Å². The van der Waals surface area contributed by atoms with Crippen LogP contribution < -0.4 is 10.2 Å². The number of carbonyl (C=O) groups is 1. The van der Waals surface area contributed by atoms with Crippen LogP contribution in [0, 0.1) is 0 Å². The smallest absolute Gasteiger partial charge is 0.268 e. The Morgan fingerprint density at radius 3 is 1.89 bits per heavy atom. The Bertz CT molecular complexity index is 585.